The molecule has 1 aliphatic rings. The van der Waals surface area contributed by atoms with E-state index < -0.39 is 10.0 Å². The fourth-order valence-electron chi connectivity index (χ4n) is 2.10. The van der Waals surface area contributed by atoms with Gasteiger partial charge in [0.25, 0.3) is 0 Å². The van der Waals surface area contributed by atoms with Crippen LogP contribution in [0.1, 0.15) is 23.8 Å². The summed E-state index contributed by atoms with van der Waals surface area (Å²) in [5.41, 5.74) is 1.62. The molecule has 0 amide bonds. The Balaban J connectivity index is 2.00. The minimum absolute atomic E-state index is 0.277. The Hall–Kier alpha value is -1.60. The van der Waals surface area contributed by atoms with Crippen LogP contribution in [-0.2, 0) is 10.0 Å². The second-order valence-corrected chi connectivity index (χ2v) is 6.96. The van der Waals surface area contributed by atoms with Crippen molar-refractivity contribution < 1.29 is 12.8 Å². The highest BCUT2D eigenvalue weighted by Gasteiger charge is 2.35. The van der Waals surface area contributed by atoms with E-state index in [-0.39, 0.29) is 6.04 Å². The van der Waals surface area contributed by atoms with Crippen molar-refractivity contribution in [2.45, 2.75) is 12.5 Å². The minimum Gasteiger partial charge on any atom is -0.463 e. The van der Waals surface area contributed by atoms with E-state index in [9.17, 15) is 8.42 Å². The van der Waals surface area contributed by atoms with E-state index in [0.29, 0.717) is 17.9 Å². The van der Waals surface area contributed by atoms with E-state index in [1.165, 1.54) is 10.7 Å². The predicted octanol–water partition coefficient (Wildman–Crippen LogP) is 2.45. The van der Waals surface area contributed by atoms with Crippen LogP contribution in [0, 0.1) is 0 Å². The second kappa shape index (κ2) is 4.50. The molecule has 0 unspecified atom stereocenters. The van der Waals surface area contributed by atoms with Gasteiger partial charge in [-0.15, -0.1) is 0 Å². The molecular weight excluding hydrogens is 284 g/mol. The molecule has 2 aromatic heterocycles. The lowest BCUT2D eigenvalue weighted by atomic mass is 10.1. The van der Waals surface area contributed by atoms with E-state index in [2.05, 4.69) is 5.10 Å². The normalized spacial score (nSPS) is 19.7. The lowest BCUT2D eigenvalue weighted by Crippen LogP contribution is -2.25. The van der Waals surface area contributed by atoms with Gasteiger partial charge in [0.15, 0.2) is 0 Å². The van der Waals surface area contributed by atoms with Crippen molar-refractivity contribution in [3.63, 3.8) is 0 Å². The zero-order valence-corrected chi connectivity index (χ0v) is 11.8. The van der Waals surface area contributed by atoms with Crippen LogP contribution in [0.15, 0.2) is 44.7 Å². The average Bonchev–Trinajstić information content (AvgIpc) is 3.09. The summed E-state index contributed by atoms with van der Waals surface area (Å²) in [6.07, 6.45) is 3.25. The molecule has 0 fully saturated rings. The first-order valence-corrected chi connectivity index (χ1v) is 8.47. The third-order valence-corrected chi connectivity index (χ3v) is 4.66. The summed E-state index contributed by atoms with van der Waals surface area (Å²) in [5.74, 6) is 0.617. The molecule has 0 saturated heterocycles. The molecule has 19 heavy (non-hydrogen) atoms. The van der Waals surface area contributed by atoms with Gasteiger partial charge in [0.05, 0.1) is 18.6 Å². The van der Waals surface area contributed by atoms with E-state index >= 15 is 0 Å². The summed E-state index contributed by atoms with van der Waals surface area (Å²) in [6, 6.07) is 5.20. The van der Waals surface area contributed by atoms with Crippen LogP contribution in [-0.4, -0.2) is 24.8 Å². The van der Waals surface area contributed by atoms with Gasteiger partial charge >= 0.3 is 0 Å². The SMILES string of the molecule is CS(=O)(=O)N1N=C(c2ccco2)C[C@@H]1c1ccsc1. The van der Waals surface area contributed by atoms with Crippen molar-refractivity contribution in [1.29, 1.82) is 0 Å². The van der Waals surface area contributed by atoms with Gasteiger partial charge in [-0.25, -0.2) is 8.42 Å². The summed E-state index contributed by atoms with van der Waals surface area (Å²) in [7, 11) is -3.39. The van der Waals surface area contributed by atoms with Crippen LogP contribution in [0.3, 0.4) is 0 Å². The van der Waals surface area contributed by atoms with Gasteiger partial charge in [-0.3, -0.25) is 0 Å². The molecule has 5 nitrogen and oxygen atoms in total. The average molecular weight is 296 g/mol. The standard InChI is InChI=1S/C12H12N2O3S2/c1-19(15,16)14-11(9-4-6-18-8-9)7-10(13-14)12-3-2-5-17-12/h2-6,8,11H,7H2,1H3/t11-/m1/s1. The number of furan rings is 1. The lowest BCUT2D eigenvalue weighted by Gasteiger charge is -2.19. The first kappa shape index (κ1) is 12.4. The van der Waals surface area contributed by atoms with Crippen LogP contribution >= 0.6 is 11.3 Å². The van der Waals surface area contributed by atoms with Crippen LogP contribution in [0.25, 0.3) is 0 Å². The number of nitrogens with zero attached hydrogens (tertiary/aromatic N) is 2. The fourth-order valence-corrected chi connectivity index (χ4v) is 3.71. The molecule has 3 rings (SSSR count). The van der Waals surface area contributed by atoms with Gasteiger partial charge < -0.3 is 4.42 Å². The minimum atomic E-state index is -3.39. The maximum absolute atomic E-state index is 11.8. The zero-order valence-electron chi connectivity index (χ0n) is 10.2. The van der Waals surface area contributed by atoms with Crippen molar-refractivity contribution in [3.05, 3.63) is 46.5 Å². The highest BCUT2D eigenvalue weighted by molar-refractivity contribution is 7.88. The van der Waals surface area contributed by atoms with Crippen LogP contribution < -0.4 is 0 Å². The Morgan fingerprint density at radius 1 is 1.47 bits per heavy atom. The van der Waals surface area contributed by atoms with Crippen LogP contribution in [0.5, 0.6) is 0 Å². The topological polar surface area (TPSA) is 62.9 Å². The summed E-state index contributed by atoms with van der Waals surface area (Å²) in [6.45, 7) is 0. The molecule has 3 heterocycles. The molecule has 1 aliphatic heterocycles. The molecule has 1 atom stereocenters. The van der Waals surface area contributed by atoms with Gasteiger partial charge in [0.2, 0.25) is 10.0 Å². The first-order valence-electron chi connectivity index (χ1n) is 5.68. The molecular formula is C12H12N2O3S2. The largest absolute Gasteiger partial charge is 0.463 e. The van der Waals surface area contributed by atoms with Gasteiger partial charge in [0, 0.05) is 6.42 Å². The number of hydrogen-bond acceptors (Lipinski definition) is 5. The van der Waals surface area contributed by atoms with Crippen molar-refractivity contribution >= 4 is 27.1 Å². The van der Waals surface area contributed by atoms with E-state index in [0.717, 1.165) is 5.56 Å². The molecule has 0 aliphatic carbocycles. The molecule has 100 valence electrons. The molecule has 0 aromatic carbocycles. The lowest BCUT2D eigenvalue weighted by molar-refractivity contribution is 0.375. The summed E-state index contributed by atoms with van der Waals surface area (Å²) >= 11 is 1.54. The van der Waals surface area contributed by atoms with Gasteiger partial charge in [-0.2, -0.15) is 20.9 Å². The van der Waals surface area contributed by atoms with Crippen molar-refractivity contribution in [1.82, 2.24) is 4.41 Å². The van der Waals surface area contributed by atoms with Gasteiger partial charge in [-0.05, 0) is 34.5 Å². The van der Waals surface area contributed by atoms with Crippen LogP contribution in [0.4, 0.5) is 0 Å². The molecule has 0 N–H and O–H groups in total. The highest BCUT2D eigenvalue weighted by atomic mass is 32.2. The monoisotopic (exact) mass is 296 g/mol. The van der Waals surface area contributed by atoms with E-state index in [1.54, 1.807) is 29.7 Å². The molecule has 0 radical (unpaired) electrons. The fraction of sp³-hybridized carbons (Fsp3) is 0.250. The maximum atomic E-state index is 11.8. The second-order valence-electron chi connectivity index (χ2n) is 4.34. The predicted molar refractivity (Wildman–Crippen MR) is 73.6 cm³/mol. The number of thiophene rings is 1. The Morgan fingerprint density at radius 2 is 2.32 bits per heavy atom. The summed E-state index contributed by atoms with van der Waals surface area (Å²) in [4.78, 5) is 0. The van der Waals surface area contributed by atoms with E-state index in [4.69, 9.17) is 4.42 Å². The molecule has 7 heteroatoms. The molecule has 2 aromatic rings. The Labute approximate surface area is 115 Å². The number of sulfonamides is 1. The van der Waals surface area contributed by atoms with Crippen molar-refractivity contribution in [3.8, 4) is 0 Å². The van der Waals surface area contributed by atoms with Crippen molar-refractivity contribution in [2.75, 3.05) is 6.26 Å². The quantitative estimate of drug-likeness (QED) is 0.874. The third kappa shape index (κ3) is 2.31. The molecule has 0 spiro atoms. The molecule has 0 saturated carbocycles. The number of hydrogen-bond donors (Lipinski definition) is 0. The summed E-state index contributed by atoms with van der Waals surface area (Å²) in [5, 5.41) is 8.09. The van der Waals surface area contributed by atoms with Crippen LogP contribution in [0.2, 0.25) is 0 Å². The Bertz CT molecular complexity index is 687. The maximum Gasteiger partial charge on any atom is 0.247 e. The zero-order chi connectivity index (χ0) is 13.5. The van der Waals surface area contributed by atoms with Gasteiger partial charge in [0.1, 0.15) is 11.5 Å². The highest BCUT2D eigenvalue weighted by Crippen LogP contribution is 2.35. The number of rotatable bonds is 3. The smallest absolute Gasteiger partial charge is 0.247 e. The summed E-state index contributed by atoms with van der Waals surface area (Å²) < 4.78 is 30.2. The first-order chi connectivity index (χ1) is 9.05. The van der Waals surface area contributed by atoms with Crippen molar-refractivity contribution in [2.24, 2.45) is 5.10 Å². The number of hydrazone groups is 1. The third-order valence-electron chi connectivity index (χ3n) is 2.95. The van der Waals surface area contributed by atoms with Gasteiger partial charge in [-0.1, -0.05) is 0 Å². The van der Waals surface area contributed by atoms with E-state index in [1.807, 2.05) is 16.8 Å². The molecule has 0 bridgehead atoms. The Kier molecular flexibility index (Phi) is 2.94. The Morgan fingerprint density at radius 3 is 2.89 bits per heavy atom.